The average Bonchev–Trinajstić information content (AvgIpc) is 3.05. The van der Waals surface area contributed by atoms with Crippen LogP contribution in [0.2, 0.25) is 0 Å². The molecule has 0 radical (unpaired) electrons. The van der Waals surface area contributed by atoms with E-state index in [9.17, 15) is 4.79 Å². The molecule has 0 bridgehead atoms. The van der Waals surface area contributed by atoms with Gasteiger partial charge in [-0.05, 0) is 6.42 Å². The molecule has 0 saturated carbocycles. The molecule has 3 rings (SSSR count). The van der Waals surface area contributed by atoms with Gasteiger partial charge >= 0.3 is 0 Å². The van der Waals surface area contributed by atoms with E-state index in [4.69, 9.17) is 0 Å². The molecule has 24 heavy (non-hydrogen) atoms. The van der Waals surface area contributed by atoms with Crippen LogP contribution in [-0.4, -0.2) is 66.1 Å². The molecule has 1 amide bonds. The van der Waals surface area contributed by atoms with Crippen molar-refractivity contribution in [2.24, 2.45) is 0 Å². The molecule has 2 aliphatic rings. The summed E-state index contributed by atoms with van der Waals surface area (Å²) >= 11 is 3.72. The number of hydrogen-bond donors (Lipinski definition) is 1. The van der Waals surface area contributed by atoms with E-state index in [-0.39, 0.29) is 24.8 Å². The van der Waals surface area contributed by atoms with Crippen LogP contribution in [0.4, 0.5) is 5.13 Å². The van der Waals surface area contributed by atoms with Crippen molar-refractivity contribution in [3.05, 3.63) is 11.1 Å². The average molecular weight is 413 g/mol. The van der Waals surface area contributed by atoms with Gasteiger partial charge in [0.25, 0.3) is 0 Å². The van der Waals surface area contributed by atoms with Crippen molar-refractivity contribution in [2.75, 3.05) is 49.1 Å². The number of aromatic nitrogens is 1. The Balaban J connectivity index is 0.00000144. The van der Waals surface area contributed by atoms with Crippen LogP contribution in [0.5, 0.6) is 0 Å². The van der Waals surface area contributed by atoms with E-state index >= 15 is 0 Å². The summed E-state index contributed by atoms with van der Waals surface area (Å²) in [6, 6.07) is 0.357. The van der Waals surface area contributed by atoms with E-state index in [1.54, 1.807) is 11.3 Å². The van der Waals surface area contributed by atoms with Gasteiger partial charge in [-0.1, -0.05) is 6.92 Å². The largest absolute Gasteiger partial charge is 0.345 e. The third-order valence-electron chi connectivity index (χ3n) is 4.21. The summed E-state index contributed by atoms with van der Waals surface area (Å²) in [5, 5.41) is 4.55. The number of halogens is 2. The van der Waals surface area contributed by atoms with E-state index in [0.717, 1.165) is 55.8 Å². The van der Waals surface area contributed by atoms with Crippen LogP contribution >= 0.6 is 47.9 Å². The number of aryl methyl sites for hydroxylation is 1. The van der Waals surface area contributed by atoms with Gasteiger partial charge in [0.1, 0.15) is 0 Å². The molecular weight excluding hydrogens is 387 g/mol. The fraction of sp³-hybridized carbons (Fsp3) is 0.733. The Morgan fingerprint density at radius 2 is 2.08 bits per heavy atom. The van der Waals surface area contributed by atoms with Gasteiger partial charge in [0, 0.05) is 67.8 Å². The number of carbonyl (C=O) groups is 1. The first-order valence-corrected chi connectivity index (χ1v) is 10.0. The molecule has 1 aromatic heterocycles. The zero-order chi connectivity index (χ0) is 15.4. The van der Waals surface area contributed by atoms with Crippen molar-refractivity contribution in [3.8, 4) is 0 Å². The number of anilines is 1. The lowest BCUT2D eigenvalue weighted by atomic mass is 10.2. The van der Waals surface area contributed by atoms with Crippen molar-refractivity contribution in [1.82, 2.24) is 15.2 Å². The lowest BCUT2D eigenvalue weighted by Crippen LogP contribution is -2.50. The first kappa shape index (κ1) is 21.8. The predicted molar refractivity (Wildman–Crippen MR) is 109 cm³/mol. The monoisotopic (exact) mass is 412 g/mol. The van der Waals surface area contributed by atoms with Gasteiger partial charge in [-0.2, -0.15) is 11.8 Å². The van der Waals surface area contributed by atoms with Gasteiger partial charge in [0.15, 0.2) is 5.13 Å². The molecule has 2 fully saturated rings. The molecule has 1 atom stereocenters. The van der Waals surface area contributed by atoms with E-state index in [1.807, 2.05) is 22.9 Å². The molecular formula is C15H26Cl2N4OS2. The molecule has 2 saturated heterocycles. The fourth-order valence-electron chi connectivity index (χ4n) is 2.84. The second-order valence-electron chi connectivity index (χ2n) is 5.76. The summed E-state index contributed by atoms with van der Waals surface area (Å²) in [5.41, 5.74) is 0. The van der Waals surface area contributed by atoms with Crippen LogP contribution in [0, 0.1) is 0 Å². The van der Waals surface area contributed by atoms with E-state index in [0.29, 0.717) is 18.4 Å². The normalized spacial score (nSPS) is 21.0. The lowest BCUT2D eigenvalue weighted by molar-refractivity contribution is -0.131. The Labute approximate surface area is 164 Å². The second-order valence-corrected chi connectivity index (χ2v) is 8.00. The van der Waals surface area contributed by atoms with Crippen LogP contribution in [0.1, 0.15) is 18.2 Å². The smallest absolute Gasteiger partial charge is 0.224 e. The molecule has 1 aromatic rings. The minimum Gasteiger partial charge on any atom is -0.345 e. The highest BCUT2D eigenvalue weighted by molar-refractivity contribution is 7.99. The third kappa shape index (κ3) is 5.66. The van der Waals surface area contributed by atoms with Gasteiger partial charge in [-0.15, -0.1) is 36.2 Å². The SMILES string of the molecule is CCc1cnc(N2CCN(C(=O)CC3CSCCN3)CC2)s1.Cl.Cl. The second kappa shape index (κ2) is 10.7. The molecule has 0 aromatic carbocycles. The van der Waals surface area contributed by atoms with Crippen LogP contribution in [-0.2, 0) is 11.2 Å². The Morgan fingerprint density at radius 3 is 2.67 bits per heavy atom. The van der Waals surface area contributed by atoms with Gasteiger partial charge in [0.2, 0.25) is 5.91 Å². The maximum absolute atomic E-state index is 12.4. The minimum absolute atomic E-state index is 0. The highest BCUT2D eigenvalue weighted by Gasteiger charge is 2.25. The fourth-order valence-corrected chi connectivity index (χ4v) is 4.70. The summed E-state index contributed by atoms with van der Waals surface area (Å²) < 4.78 is 0. The zero-order valence-corrected chi connectivity index (χ0v) is 17.2. The molecule has 0 aliphatic carbocycles. The standard InChI is InChI=1S/C15H24N4OS2.2ClH/c1-2-13-10-17-15(22-13)19-6-4-18(5-7-19)14(20)9-12-11-21-8-3-16-12;;/h10,12,16H,2-9,11H2,1H3;2*1H. The van der Waals surface area contributed by atoms with Crippen molar-refractivity contribution in [3.63, 3.8) is 0 Å². The van der Waals surface area contributed by atoms with Crippen molar-refractivity contribution >= 4 is 59.0 Å². The van der Waals surface area contributed by atoms with Gasteiger partial charge < -0.3 is 15.1 Å². The number of thioether (sulfide) groups is 1. The van der Waals surface area contributed by atoms with Gasteiger partial charge in [0.05, 0.1) is 0 Å². The van der Waals surface area contributed by atoms with E-state index < -0.39 is 0 Å². The zero-order valence-electron chi connectivity index (χ0n) is 13.9. The third-order valence-corrected chi connectivity index (χ3v) is 6.55. The summed E-state index contributed by atoms with van der Waals surface area (Å²) in [4.78, 5) is 22.6. The van der Waals surface area contributed by atoms with Gasteiger partial charge in [-0.3, -0.25) is 4.79 Å². The maximum Gasteiger partial charge on any atom is 0.224 e. The quantitative estimate of drug-likeness (QED) is 0.821. The highest BCUT2D eigenvalue weighted by atomic mass is 35.5. The molecule has 5 nitrogen and oxygen atoms in total. The number of hydrogen-bond acceptors (Lipinski definition) is 6. The van der Waals surface area contributed by atoms with Crippen LogP contribution in [0.3, 0.4) is 0 Å². The van der Waals surface area contributed by atoms with Crippen LogP contribution in [0.15, 0.2) is 6.20 Å². The Morgan fingerprint density at radius 1 is 1.33 bits per heavy atom. The number of amides is 1. The Bertz CT molecular complexity index is 503. The number of nitrogens with one attached hydrogen (secondary N) is 1. The number of nitrogens with zero attached hydrogens (tertiary/aromatic N) is 3. The summed E-state index contributed by atoms with van der Waals surface area (Å²) in [5.74, 6) is 2.52. The van der Waals surface area contributed by atoms with Crippen LogP contribution < -0.4 is 10.2 Å². The highest BCUT2D eigenvalue weighted by Crippen LogP contribution is 2.24. The predicted octanol–water partition coefficient (Wildman–Crippen LogP) is 2.29. The summed E-state index contributed by atoms with van der Waals surface area (Å²) in [6.45, 7) is 6.62. The topological polar surface area (TPSA) is 48.5 Å². The summed E-state index contributed by atoms with van der Waals surface area (Å²) in [7, 11) is 0. The molecule has 3 heterocycles. The van der Waals surface area contributed by atoms with E-state index in [2.05, 4.69) is 22.1 Å². The first-order chi connectivity index (χ1) is 10.8. The Kier molecular flexibility index (Phi) is 9.74. The molecule has 1 unspecified atom stereocenters. The number of carbonyl (C=O) groups excluding carboxylic acids is 1. The van der Waals surface area contributed by atoms with E-state index in [1.165, 1.54) is 4.88 Å². The first-order valence-electron chi connectivity index (χ1n) is 8.05. The van der Waals surface area contributed by atoms with Crippen molar-refractivity contribution in [2.45, 2.75) is 25.8 Å². The molecule has 138 valence electrons. The minimum atomic E-state index is 0. The van der Waals surface area contributed by atoms with Crippen molar-refractivity contribution < 1.29 is 4.79 Å². The van der Waals surface area contributed by atoms with Crippen molar-refractivity contribution in [1.29, 1.82) is 0 Å². The molecule has 1 N–H and O–H groups in total. The molecule has 0 spiro atoms. The Hall–Kier alpha value is -0.210. The lowest BCUT2D eigenvalue weighted by Gasteiger charge is -2.35. The summed E-state index contributed by atoms with van der Waals surface area (Å²) in [6.07, 6.45) is 3.66. The van der Waals surface area contributed by atoms with Crippen LogP contribution in [0.25, 0.3) is 0 Å². The number of thiazole rings is 1. The number of rotatable bonds is 4. The molecule has 2 aliphatic heterocycles. The maximum atomic E-state index is 12.4. The molecule has 9 heteroatoms. The number of piperazine rings is 1. The van der Waals surface area contributed by atoms with Gasteiger partial charge in [-0.25, -0.2) is 4.98 Å².